The van der Waals surface area contributed by atoms with Crippen molar-refractivity contribution in [1.82, 2.24) is 0 Å². The highest BCUT2D eigenvalue weighted by Gasteiger charge is 2.40. The lowest BCUT2D eigenvalue weighted by Crippen LogP contribution is -2.56. The molecule has 5 heteroatoms. The largest absolute Gasteiger partial charge is 0.550 e. The molecule has 1 N–H and O–H groups in total. The number of unbranched alkanes of at least 4 members (excludes halogenated alkanes) is 2. The Morgan fingerprint density at radius 3 is 2.17 bits per heavy atom. The van der Waals surface area contributed by atoms with Crippen LogP contribution in [0.5, 0.6) is 0 Å². The molecular weight excluding hydrogens is 234 g/mol. The molecule has 0 aromatic carbocycles. The summed E-state index contributed by atoms with van der Waals surface area (Å²) < 4.78 is 0.323. The maximum absolute atomic E-state index is 12.0. The number of nitrogens with zero attached hydrogens (tertiary/aromatic N) is 1. The second kappa shape index (κ2) is 6.85. The van der Waals surface area contributed by atoms with Gasteiger partial charge in [-0.1, -0.05) is 19.8 Å². The van der Waals surface area contributed by atoms with Crippen molar-refractivity contribution >= 4 is 11.8 Å². The number of carbonyl (C=O) groups excluding carboxylic acids is 2. The maximum Gasteiger partial charge on any atom is 0.177 e. The number of rotatable bonds is 9. The van der Waals surface area contributed by atoms with Gasteiger partial charge in [-0.15, -0.1) is 0 Å². The predicted molar refractivity (Wildman–Crippen MR) is 66.6 cm³/mol. The molecule has 0 heterocycles. The number of ketones is 1. The summed E-state index contributed by atoms with van der Waals surface area (Å²) in [4.78, 5) is 22.7. The molecule has 0 aliphatic heterocycles. The zero-order valence-corrected chi connectivity index (χ0v) is 11.9. The Balaban J connectivity index is 4.74. The molecule has 0 rings (SSSR count). The van der Waals surface area contributed by atoms with E-state index in [1.165, 1.54) is 0 Å². The number of aliphatic hydroxyl groups is 1. The molecular formula is C13H25NO4. The van der Waals surface area contributed by atoms with Crippen LogP contribution in [0, 0.1) is 0 Å². The highest BCUT2D eigenvalue weighted by molar-refractivity contribution is 5.90. The SMILES string of the molecule is CCCCCC(=O)[C@@](O)(CC(=O)[O-])C[N+](C)(C)C. The number of aliphatic carboxylic acids is 1. The van der Waals surface area contributed by atoms with Crippen LogP contribution >= 0.6 is 0 Å². The standard InChI is InChI=1S/C13H25NO4/c1-5-6-7-8-11(15)13(18,9-12(16)17)10-14(2,3)4/h18H,5-10H2,1-4H3/t13-/m1/s1. The van der Waals surface area contributed by atoms with E-state index in [-0.39, 0.29) is 13.0 Å². The summed E-state index contributed by atoms with van der Waals surface area (Å²) in [5.74, 6) is -1.79. The Kier molecular flexibility index (Phi) is 6.49. The van der Waals surface area contributed by atoms with Crippen LogP contribution in [0.1, 0.15) is 39.0 Å². The zero-order chi connectivity index (χ0) is 14.4. The van der Waals surface area contributed by atoms with Crippen molar-refractivity contribution in [2.45, 2.75) is 44.6 Å². The summed E-state index contributed by atoms with van der Waals surface area (Å²) in [7, 11) is 5.42. The third-order valence-electron chi connectivity index (χ3n) is 2.70. The zero-order valence-electron chi connectivity index (χ0n) is 11.9. The number of carbonyl (C=O) groups is 2. The molecule has 106 valence electrons. The van der Waals surface area contributed by atoms with E-state index < -0.39 is 23.8 Å². The topological polar surface area (TPSA) is 77.4 Å². The number of carboxylic acids is 1. The molecule has 5 nitrogen and oxygen atoms in total. The molecule has 0 aromatic rings. The van der Waals surface area contributed by atoms with Gasteiger partial charge in [0.2, 0.25) is 0 Å². The molecule has 18 heavy (non-hydrogen) atoms. The lowest BCUT2D eigenvalue weighted by molar-refractivity contribution is -0.875. The minimum Gasteiger partial charge on any atom is -0.550 e. The van der Waals surface area contributed by atoms with Crippen molar-refractivity contribution in [2.75, 3.05) is 27.7 Å². The number of Topliss-reactive ketones (excluding diaryl/α,β-unsaturated/α-hetero) is 1. The molecule has 0 spiro atoms. The van der Waals surface area contributed by atoms with E-state index in [0.717, 1.165) is 12.8 Å². The predicted octanol–water partition coefficient (Wildman–Crippen LogP) is -0.287. The Morgan fingerprint density at radius 2 is 1.78 bits per heavy atom. The Hall–Kier alpha value is -0.940. The third-order valence-corrected chi connectivity index (χ3v) is 2.70. The van der Waals surface area contributed by atoms with E-state index in [1.54, 1.807) is 21.1 Å². The van der Waals surface area contributed by atoms with Gasteiger partial charge in [-0.05, 0) is 6.42 Å². The highest BCUT2D eigenvalue weighted by atomic mass is 16.4. The number of likely N-dealkylation sites (N-methyl/N-ethyl adjacent to an activating group) is 1. The second-order valence-electron chi connectivity index (χ2n) is 5.91. The van der Waals surface area contributed by atoms with Crippen LogP contribution in [0.15, 0.2) is 0 Å². The van der Waals surface area contributed by atoms with Gasteiger partial charge in [-0.2, -0.15) is 0 Å². The quantitative estimate of drug-likeness (QED) is 0.456. The Labute approximate surface area is 109 Å². The van der Waals surface area contributed by atoms with E-state index in [9.17, 15) is 19.8 Å². The van der Waals surface area contributed by atoms with E-state index in [0.29, 0.717) is 10.9 Å². The summed E-state index contributed by atoms with van der Waals surface area (Å²) in [5, 5.41) is 21.0. The van der Waals surface area contributed by atoms with E-state index in [2.05, 4.69) is 0 Å². The first kappa shape index (κ1) is 17.1. The van der Waals surface area contributed by atoms with Crippen LogP contribution in [-0.2, 0) is 9.59 Å². The first-order valence-electron chi connectivity index (χ1n) is 6.37. The summed E-state index contributed by atoms with van der Waals surface area (Å²) in [6.07, 6.45) is 2.14. The fourth-order valence-electron chi connectivity index (χ4n) is 2.03. The highest BCUT2D eigenvalue weighted by Crippen LogP contribution is 2.19. The molecule has 0 aliphatic carbocycles. The maximum atomic E-state index is 12.0. The van der Waals surface area contributed by atoms with Gasteiger partial charge >= 0.3 is 0 Å². The van der Waals surface area contributed by atoms with Crippen molar-refractivity contribution in [3.8, 4) is 0 Å². The molecule has 0 bridgehead atoms. The van der Waals surface area contributed by atoms with Gasteiger partial charge in [0.05, 0.1) is 21.1 Å². The van der Waals surface area contributed by atoms with E-state index in [1.807, 2.05) is 6.92 Å². The Bertz CT molecular complexity index is 296. The van der Waals surface area contributed by atoms with Crippen molar-refractivity contribution < 1.29 is 24.3 Å². The molecule has 1 atom stereocenters. The molecule has 0 amide bonds. The van der Waals surface area contributed by atoms with E-state index >= 15 is 0 Å². The number of hydrogen-bond acceptors (Lipinski definition) is 4. The van der Waals surface area contributed by atoms with Crippen molar-refractivity contribution in [2.24, 2.45) is 0 Å². The smallest absolute Gasteiger partial charge is 0.177 e. The van der Waals surface area contributed by atoms with Crippen molar-refractivity contribution in [1.29, 1.82) is 0 Å². The number of carboxylic acid groups (broad SMARTS) is 1. The summed E-state index contributed by atoms with van der Waals surface area (Å²) in [6, 6.07) is 0. The van der Waals surface area contributed by atoms with Crippen LogP contribution in [0.4, 0.5) is 0 Å². The van der Waals surface area contributed by atoms with E-state index in [4.69, 9.17) is 0 Å². The summed E-state index contributed by atoms with van der Waals surface area (Å²) in [5.41, 5.74) is -1.81. The van der Waals surface area contributed by atoms with Gasteiger partial charge in [0.15, 0.2) is 11.4 Å². The molecule has 0 aliphatic rings. The lowest BCUT2D eigenvalue weighted by atomic mass is 9.90. The fraction of sp³-hybridized carbons (Fsp3) is 0.846. The summed E-state index contributed by atoms with van der Waals surface area (Å²) in [6.45, 7) is 2.09. The van der Waals surface area contributed by atoms with Gasteiger partial charge in [0, 0.05) is 18.8 Å². The van der Waals surface area contributed by atoms with Gasteiger partial charge in [0.1, 0.15) is 6.54 Å². The number of hydrogen-bond donors (Lipinski definition) is 1. The lowest BCUT2D eigenvalue weighted by Gasteiger charge is -2.34. The monoisotopic (exact) mass is 259 g/mol. The van der Waals surface area contributed by atoms with Gasteiger partial charge in [0.25, 0.3) is 0 Å². The van der Waals surface area contributed by atoms with Crippen LogP contribution in [-0.4, -0.2) is 54.6 Å². The van der Waals surface area contributed by atoms with Gasteiger partial charge in [-0.25, -0.2) is 0 Å². The second-order valence-corrected chi connectivity index (χ2v) is 5.91. The van der Waals surface area contributed by atoms with Crippen LogP contribution < -0.4 is 5.11 Å². The van der Waals surface area contributed by atoms with Crippen LogP contribution in [0.2, 0.25) is 0 Å². The summed E-state index contributed by atoms with van der Waals surface area (Å²) >= 11 is 0. The first-order chi connectivity index (χ1) is 8.10. The van der Waals surface area contributed by atoms with Crippen LogP contribution in [0.25, 0.3) is 0 Å². The third kappa shape index (κ3) is 6.71. The van der Waals surface area contributed by atoms with Gasteiger partial charge < -0.3 is 19.5 Å². The molecule has 0 saturated heterocycles. The minimum absolute atomic E-state index is 0.0753. The van der Waals surface area contributed by atoms with Crippen molar-refractivity contribution in [3.63, 3.8) is 0 Å². The first-order valence-corrected chi connectivity index (χ1v) is 6.37. The average Bonchev–Trinajstić information content (AvgIpc) is 2.13. The minimum atomic E-state index is -1.81. The normalized spacial score (nSPS) is 15.2. The molecule has 0 radical (unpaired) electrons. The molecule has 0 saturated carbocycles. The van der Waals surface area contributed by atoms with Gasteiger partial charge in [-0.3, -0.25) is 4.79 Å². The molecule has 0 aromatic heterocycles. The molecule has 0 fully saturated rings. The average molecular weight is 259 g/mol. The molecule has 0 unspecified atom stereocenters. The Morgan fingerprint density at radius 1 is 1.22 bits per heavy atom. The number of quaternary nitrogens is 1. The van der Waals surface area contributed by atoms with Crippen LogP contribution in [0.3, 0.4) is 0 Å². The fourth-order valence-corrected chi connectivity index (χ4v) is 2.03. The van der Waals surface area contributed by atoms with Crippen molar-refractivity contribution in [3.05, 3.63) is 0 Å².